The summed E-state index contributed by atoms with van der Waals surface area (Å²) in [7, 11) is 1.55. The van der Waals surface area contributed by atoms with E-state index >= 15 is 0 Å². The summed E-state index contributed by atoms with van der Waals surface area (Å²) in [5.41, 5.74) is 0.953. The highest BCUT2D eigenvalue weighted by Crippen LogP contribution is 2.42. The molecule has 0 saturated carbocycles. The van der Waals surface area contributed by atoms with E-state index in [2.05, 4.69) is 4.98 Å². The molecule has 2 rings (SSSR count). The normalized spacial score (nSPS) is 20.0. The number of nitrogens with zero attached hydrogens (tertiary/aromatic N) is 1. The fourth-order valence-corrected chi connectivity index (χ4v) is 2.06. The second-order valence-electron chi connectivity index (χ2n) is 5.23. The van der Waals surface area contributed by atoms with Crippen molar-refractivity contribution in [1.29, 1.82) is 0 Å². The Morgan fingerprint density at radius 3 is 2.56 bits per heavy atom. The number of carbonyl (C=O) groups excluding carboxylic acids is 1. The molecule has 4 nitrogen and oxygen atoms in total. The molecule has 0 aliphatic carbocycles. The van der Waals surface area contributed by atoms with Crippen molar-refractivity contribution < 1.29 is 14.3 Å². The Labute approximate surface area is 107 Å². The first-order chi connectivity index (χ1) is 8.45. The molecule has 1 aromatic rings. The maximum atomic E-state index is 12.0. The van der Waals surface area contributed by atoms with Gasteiger partial charge in [0.05, 0.1) is 18.4 Å². The van der Waals surface area contributed by atoms with Crippen molar-refractivity contribution in [3.05, 3.63) is 41.4 Å². The van der Waals surface area contributed by atoms with E-state index in [4.69, 9.17) is 9.47 Å². The first kappa shape index (κ1) is 12.6. The zero-order chi connectivity index (χ0) is 13.3. The first-order valence-electron chi connectivity index (χ1n) is 5.85. The monoisotopic (exact) mass is 247 g/mol. The van der Waals surface area contributed by atoms with Gasteiger partial charge in [0.2, 0.25) is 6.10 Å². The van der Waals surface area contributed by atoms with Crippen molar-refractivity contribution >= 4 is 5.97 Å². The van der Waals surface area contributed by atoms with Crippen LogP contribution in [0.15, 0.2) is 35.7 Å². The van der Waals surface area contributed by atoms with E-state index in [1.807, 2.05) is 39.0 Å². The van der Waals surface area contributed by atoms with Crippen molar-refractivity contribution in [2.24, 2.45) is 5.41 Å². The van der Waals surface area contributed by atoms with Crippen molar-refractivity contribution in [3.8, 4) is 0 Å². The second-order valence-corrected chi connectivity index (χ2v) is 5.23. The Bertz CT molecular complexity index is 486. The van der Waals surface area contributed by atoms with Gasteiger partial charge in [-0.3, -0.25) is 4.98 Å². The van der Waals surface area contributed by atoms with E-state index in [9.17, 15) is 4.79 Å². The third-order valence-corrected chi connectivity index (χ3v) is 2.84. The SMILES string of the molecule is COC1=C(C(C)(C)C)C(=O)OC1c1ccccn1. The number of esters is 1. The topological polar surface area (TPSA) is 48.4 Å². The summed E-state index contributed by atoms with van der Waals surface area (Å²) in [5, 5.41) is 0. The molecule has 1 atom stereocenters. The van der Waals surface area contributed by atoms with Gasteiger partial charge in [-0.05, 0) is 17.5 Å². The van der Waals surface area contributed by atoms with Gasteiger partial charge < -0.3 is 9.47 Å². The number of rotatable bonds is 2. The number of pyridine rings is 1. The summed E-state index contributed by atoms with van der Waals surface area (Å²) in [5.74, 6) is 0.237. The molecule has 0 aromatic carbocycles. The van der Waals surface area contributed by atoms with Crippen molar-refractivity contribution in [2.45, 2.75) is 26.9 Å². The minimum absolute atomic E-state index is 0.314. The number of ether oxygens (including phenoxy) is 2. The number of aromatic nitrogens is 1. The number of cyclic esters (lactones) is 1. The van der Waals surface area contributed by atoms with Gasteiger partial charge in [0.25, 0.3) is 0 Å². The van der Waals surface area contributed by atoms with E-state index < -0.39 is 6.10 Å². The van der Waals surface area contributed by atoms with E-state index in [-0.39, 0.29) is 11.4 Å². The summed E-state index contributed by atoms with van der Waals surface area (Å²) in [6.07, 6.45) is 1.14. The third kappa shape index (κ3) is 2.10. The van der Waals surface area contributed by atoms with Crippen LogP contribution in [0.4, 0.5) is 0 Å². The maximum Gasteiger partial charge on any atom is 0.339 e. The minimum atomic E-state index is -0.530. The molecule has 0 saturated heterocycles. The van der Waals surface area contributed by atoms with Crippen LogP contribution in [0.25, 0.3) is 0 Å². The number of hydrogen-bond donors (Lipinski definition) is 0. The molecule has 18 heavy (non-hydrogen) atoms. The molecule has 1 aliphatic heterocycles. The van der Waals surface area contributed by atoms with Crippen LogP contribution >= 0.6 is 0 Å². The van der Waals surface area contributed by atoms with Crippen LogP contribution in [-0.4, -0.2) is 18.1 Å². The van der Waals surface area contributed by atoms with Crippen LogP contribution in [0.1, 0.15) is 32.6 Å². The zero-order valence-electron chi connectivity index (χ0n) is 11.1. The Morgan fingerprint density at radius 2 is 2.06 bits per heavy atom. The Hall–Kier alpha value is -1.84. The van der Waals surface area contributed by atoms with Crippen LogP contribution in [-0.2, 0) is 14.3 Å². The van der Waals surface area contributed by atoms with Crippen LogP contribution in [0, 0.1) is 5.41 Å². The summed E-state index contributed by atoms with van der Waals surface area (Å²) in [6.45, 7) is 5.89. The molecule has 1 aromatic heterocycles. The standard InChI is InChI=1S/C14H17NO3/c1-14(2,3)10-12(17-4)11(18-13(10)16)9-7-5-6-8-15-9/h5-8,11H,1-4H3. The predicted octanol–water partition coefficient (Wildman–Crippen LogP) is 2.63. The molecule has 0 fully saturated rings. The summed E-state index contributed by atoms with van der Waals surface area (Å²) >= 11 is 0. The van der Waals surface area contributed by atoms with Gasteiger partial charge in [0.15, 0.2) is 5.76 Å². The third-order valence-electron chi connectivity index (χ3n) is 2.84. The molecule has 96 valence electrons. The Morgan fingerprint density at radius 1 is 1.33 bits per heavy atom. The lowest BCUT2D eigenvalue weighted by Crippen LogP contribution is -2.16. The minimum Gasteiger partial charge on any atom is -0.496 e. The van der Waals surface area contributed by atoms with Gasteiger partial charge in [0, 0.05) is 6.20 Å². The summed E-state index contributed by atoms with van der Waals surface area (Å²) < 4.78 is 10.8. The fourth-order valence-electron chi connectivity index (χ4n) is 2.06. The van der Waals surface area contributed by atoms with Crippen LogP contribution in [0.5, 0.6) is 0 Å². The highest BCUT2D eigenvalue weighted by Gasteiger charge is 2.42. The Kier molecular flexibility index (Phi) is 3.11. The highest BCUT2D eigenvalue weighted by atomic mass is 16.6. The van der Waals surface area contributed by atoms with Crippen LogP contribution in [0.3, 0.4) is 0 Å². The number of methoxy groups -OCH3 is 1. The van der Waals surface area contributed by atoms with E-state index in [0.717, 1.165) is 0 Å². The average molecular weight is 247 g/mol. The highest BCUT2D eigenvalue weighted by molar-refractivity contribution is 5.93. The van der Waals surface area contributed by atoms with Gasteiger partial charge >= 0.3 is 5.97 Å². The van der Waals surface area contributed by atoms with Crippen molar-refractivity contribution in [1.82, 2.24) is 4.98 Å². The van der Waals surface area contributed by atoms with Crippen LogP contribution in [0.2, 0.25) is 0 Å². The van der Waals surface area contributed by atoms with E-state index in [1.54, 1.807) is 13.3 Å². The Balaban J connectivity index is 2.48. The van der Waals surface area contributed by atoms with Crippen molar-refractivity contribution in [3.63, 3.8) is 0 Å². The largest absolute Gasteiger partial charge is 0.496 e. The number of hydrogen-bond acceptors (Lipinski definition) is 4. The molecule has 0 spiro atoms. The van der Waals surface area contributed by atoms with E-state index in [0.29, 0.717) is 17.0 Å². The van der Waals surface area contributed by atoms with Gasteiger partial charge in [-0.2, -0.15) is 0 Å². The zero-order valence-corrected chi connectivity index (χ0v) is 11.1. The molecule has 1 aliphatic rings. The molecule has 4 heteroatoms. The first-order valence-corrected chi connectivity index (χ1v) is 5.85. The molecular weight excluding hydrogens is 230 g/mol. The fraction of sp³-hybridized carbons (Fsp3) is 0.429. The molecule has 0 radical (unpaired) electrons. The summed E-state index contributed by atoms with van der Waals surface area (Å²) in [4.78, 5) is 16.2. The molecule has 2 heterocycles. The second kappa shape index (κ2) is 4.44. The lowest BCUT2D eigenvalue weighted by atomic mass is 9.85. The molecular formula is C14H17NO3. The van der Waals surface area contributed by atoms with Crippen LogP contribution < -0.4 is 0 Å². The van der Waals surface area contributed by atoms with Gasteiger partial charge in [-0.15, -0.1) is 0 Å². The smallest absolute Gasteiger partial charge is 0.339 e. The van der Waals surface area contributed by atoms with E-state index in [1.165, 1.54) is 0 Å². The van der Waals surface area contributed by atoms with Gasteiger partial charge in [-0.1, -0.05) is 26.8 Å². The predicted molar refractivity (Wildman–Crippen MR) is 66.6 cm³/mol. The molecule has 0 amide bonds. The lowest BCUT2D eigenvalue weighted by Gasteiger charge is -2.18. The summed E-state index contributed by atoms with van der Waals surface area (Å²) in [6, 6.07) is 5.50. The lowest BCUT2D eigenvalue weighted by molar-refractivity contribution is -0.141. The van der Waals surface area contributed by atoms with Crippen molar-refractivity contribution in [2.75, 3.05) is 7.11 Å². The number of carbonyl (C=O) groups is 1. The quantitative estimate of drug-likeness (QED) is 0.754. The molecule has 0 bridgehead atoms. The molecule has 1 unspecified atom stereocenters. The maximum absolute atomic E-state index is 12.0. The van der Waals surface area contributed by atoms with Gasteiger partial charge in [0.1, 0.15) is 0 Å². The molecule has 0 N–H and O–H groups in total. The van der Waals surface area contributed by atoms with Gasteiger partial charge in [-0.25, -0.2) is 4.79 Å². The average Bonchev–Trinajstić information content (AvgIpc) is 2.67.